The summed E-state index contributed by atoms with van der Waals surface area (Å²) < 4.78 is 0. The minimum atomic E-state index is -0.299. The highest BCUT2D eigenvalue weighted by molar-refractivity contribution is 7.11. The molecule has 1 aromatic rings. The van der Waals surface area contributed by atoms with Gasteiger partial charge in [0.15, 0.2) is 0 Å². The summed E-state index contributed by atoms with van der Waals surface area (Å²) in [5.41, 5.74) is 0. The van der Waals surface area contributed by atoms with E-state index < -0.39 is 0 Å². The molecule has 1 saturated heterocycles. The molecule has 1 amide bonds. The van der Waals surface area contributed by atoms with E-state index >= 15 is 0 Å². The van der Waals surface area contributed by atoms with Gasteiger partial charge in [0.05, 0.1) is 19.2 Å². The zero-order valence-corrected chi connectivity index (χ0v) is 14.5. The summed E-state index contributed by atoms with van der Waals surface area (Å²) in [7, 11) is 0. The highest BCUT2D eigenvalue weighted by Crippen LogP contribution is 2.14. The van der Waals surface area contributed by atoms with E-state index in [1.165, 1.54) is 9.75 Å². The Hall–Kier alpha value is -0.950. The molecule has 5 nitrogen and oxygen atoms in total. The van der Waals surface area contributed by atoms with Crippen molar-refractivity contribution in [2.45, 2.75) is 39.5 Å². The van der Waals surface area contributed by atoms with Gasteiger partial charge in [0, 0.05) is 42.0 Å². The van der Waals surface area contributed by atoms with Gasteiger partial charge in [-0.15, -0.1) is 11.3 Å². The number of nitrogens with zero attached hydrogens (tertiary/aromatic N) is 2. The largest absolute Gasteiger partial charge is 0.392 e. The zero-order valence-electron chi connectivity index (χ0n) is 13.7. The molecular weight excluding hydrogens is 298 g/mol. The molecule has 2 N–H and O–H groups in total. The second-order valence-corrected chi connectivity index (χ2v) is 7.59. The first-order valence-corrected chi connectivity index (χ1v) is 8.72. The monoisotopic (exact) mass is 325 g/mol. The lowest BCUT2D eigenvalue weighted by Gasteiger charge is -2.40. The van der Waals surface area contributed by atoms with Gasteiger partial charge in [-0.05, 0) is 32.9 Å². The van der Waals surface area contributed by atoms with Crippen LogP contribution in [0.15, 0.2) is 12.1 Å². The van der Waals surface area contributed by atoms with Crippen LogP contribution in [0, 0.1) is 6.92 Å². The summed E-state index contributed by atoms with van der Waals surface area (Å²) in [6.07, 6.45) is -0.299. The van der Waals surface area contributed by atoms with Crippen LogP contribution in [0.25, 0.3) is 0 Å². The number of rotatable bonds is 6. The number of carbonyl (C=O) groups excluding carboxylic acids is 1. The van der Waals surface area contributed by atoms with Crippen molar-refractivity contribution in [3.05, 3.63) is 21.9 Å². The molecule has 1 aliphatic heterocycles. The maximum Gasteiger partial charge on any atom is 0.234 e. The number of amides is 1. The van der Waals surface area contributed by atoms with Crippen LogP contribution in [0.1, 0.15) is 23.6 Å². The van der Waals surface area contributed by atoms with Crippen molar-refractivity contribution < 1.29 is 9.90 Å². The predicted octanol–water partition coefficient (Wildman–Crippen LogP) is 1.06. The first-order valence-electron chi connectivity index (χ1n) is 7.90. The third kappa shape index (κ3) is 5.35. The lowest BCUT2D eigenvalue weighted by Crippen LogP contribution is -2.55. The number of hydrogen-bond donors (Lipinski definition) is 2. The Morgan fingerprint density at radius 2 is 2.27 bits per heavy atom. The van der Waals surface area contributed by atoms with Gasteiger partial charge in [0.1, 0.15) is 0 Å². The average molecular weight is 325 g/mol. The third-order valence-corrected chi connectivity index (χ3v) is 4.97. The van der Waals surface area contributed by atoms with E-state index in [1.54, 1.807) is 11.3 Å². The van der Waals surface area contributed by atoms with E-state index in [9.17, 15) is 9.90 Å². The van der Waals surface area contributed by atoms with Crippen LogP contribution in [0.3, 0.4) is 0 Å². The average Bonchev–Trinajstić information content (AvgIpc) is 2.85. The van der Waals surface area contributed by atoms with Crippen LogP contribution in [0.5, 0.6) is 0 Å². The normalized spacial score (nSPS) is 21.7. The summed E-state index contributed by atoms with van der Waals surface area (Å²) >= 11 is 1.72. The quantitative estimate of drug-likeness (QED) is 0.821. The standard InChI is InChI=1S/C16H27N3O2S/c1-12-9-18(6-7-19(12)10-13(2)20)11-16(21)17-8-15-5-4-14(3)22-15/h4-5,12-13,20H,6-11H2,1-3H3,(H,17,21)/t12-,13-/m1/s1. The van der Waals surface area contributed by atoms with Crippen molar-refractivity contribution in [3.8, 4) is 0 Å². The van der Waals surface area contributed by atoms with Gasteiger partial charge in [-0.25, -0.2) is 0 Å². The van der Waals surface area contributed by atoms with Gasteiger partial charge in [-0.3, -0.25) is 14.6 Å². The number of β-amino-alcohol motifs (C(OH)–C–C–N with tert-alkyl or cyclic N) is 1. The molecule has 0 saturated carbocycles. The Kier molecular flexibility index (Phi) is 6.37. The molecule has 124 valence electrons. The van der Waals surface area contributed by atoms with E-state index in [0.29, 0.717) is 25.7 Å². The van der Waals surface area contributed by atoms with Crippen molar-refractivity contribution in [2.24, 2.45) is 0 Å². The molecule has 6 heteroatoms. The molecular formula is C16H27N3O2S. The number of hydrogen-bond acceptors (Lipinski definition) is 5. The van der Waals surface area contributed by atoms with Crippen LogP contribution in [-0.4, -0.2) is 65.7 Å². The summed E-state index contributed by atoms with van der Waals surface area (Å²) in [4.78, 5) is 19.0. The molecule has 1 fully saturated rings. The van der Waals surface area contributed by atoms with E-state index in [4.69, 9.17) is 0 Å². The Bertz CT molecular complexity index is 489. The molecule has 2 rings (SSSR count). The van der Waals surface area contributed by atoms with Gasteiger partial charge in [-0.1, -0.05) is 0 Å². The Balaban J connectivity index is 1.71. The van der Waals surface area contributed by atoms with Crippen LogP contribution in [0.4, 0.5) is 0 Å². The van der Waals surface area contributed by atoms with E-state index in [-0.39, 0.29) is 12.0 Å². The molecule has 0 aromatic carbocycles. The van der Waals surface area contributed by atoms with Crippen molar-refractivity contribution in [2.75, 3.05) is 32.7 Å². The van der Waals surface area contributed by atoms with Crippen molar-refractivity contribution >= 4 is 17.2 Å². The second kappa shape index (κ2) is 8.06. The molecule has 0 bridgehead atoms. The Morgan fingerprint density at radius 1 is 1.50 bits per heavy atom. The van der Waals surface area contributed by atoms with Crippen molar-refractivity contribution in [1.29, 1.82) is 0 Å². The SMILES string of the molecule is Cc1ccc(CNC(=O)CN2CCN(C[C@@H](C)O)[C@H](C)C2)s1. The summed E-state index contributed by atoms with van der Waals surface area (Å²) in [5.74, 6) is 0.0854. The number of piperazine rings is 1. The fraction of sp³-hybridized carbons (Fsp3) is 0.688. The molecule has 0 aliphatic carbocycles. The Labute approximate surface area is 136 Å². The van der Waals surface area contributed by atoms with Gasteiger partial charge >= 0.3 is 0 Å². The highest BCUT2D eigenvalue weighted by atomic mass is 32.1. The van der Waals surface area contributed by atoms with Crippen LogP contribution >= 0.6 is 11.3 Å². The molecule has 2 atom stereocenters. The molecule has 1 aliphatic rings. The molecule has 0 spiro atoms. The third-order valence-electron chi connectivity index (χ3n) is 3.97. The number of aryl methyl sites for hydroxylation is 1. The molecule has 2 heterocycles. The second-order valence-electron chi connectivity index (χ2n) is 6.22. The fourth-order valence-corrected chi connectivity index (χ4v) is 3.68. The molecule has 1 aromatic heterocycles. The Morgan fingerprint density at radius 3 is 2.86 bits per heavy atom. The molecule has 0 unspecified atom stereocenters. The predicted molar refractivity (Wildman–Crippen MR) is 90.1 cm³/mol. The first kappa shape index (κ1) is 17.4. The van der Waals surface area contributed by atoms with Crippen molar-refractivity contribution in [3.63, 3.8) is 0 Å². The van der Waals surface area contributed by atoms with Crippen LogP contribution in [-0.2, 0) is 11.3 Å². The maximum atomic E-state index is 12.1. The first-order chi connectivity index (χ1) is 10.4. The smallest absolute Gasteiger partial charge is 0.234 e. The topological polar surface area (TPSA) is 55.8 Å². The number of carbonyl (C=O) groups is 1. The van der Waals surface area contributed by atoms with Crippen molar-refractivity contribution in [1.82, 2.24) is 15.1 Å². The van der Waals surface area contributed by atoms with E-state index in [1.807, 2.05) is 6.92 Å². The minimum Gasteiger partial charge on any atom is -0.392 e. The zero-order chi connectivity index (χ0) is 16.1. The maximum absolute atomic E-state index is 12.1. The summed E-state index contributed by atoms with van der Waals surface area (Å²) in [6.45, 7) is 10.5. The van der Waals surface area contributed by atoms with Gasteiger partial charge in [-0.2, -0.15) is 0 Å². The highest BCUT2D eigenvalue weighted by Gasteiger charge is 2.25. The van der Waals surface area contributed by atoms with Crippen LogP contribution in [0.2, 0.25) is 0 Å². The van der Waals surface area contributed by atoms with Gasteiger partial charge in [0.25, 0.3) is 0 Å². The van der Waals surface area contributed by atoms with Crippen LogP contribution < -0.4 is 5.32 Å². The lowest BCUT2D eigenvalue weighted by molar-refractivity contribution is -0.123. The molecule has 0 radical (unpaired) electrons. The van der Waals surface area contributed by atoms with E-state index in [0.717, 1.165) is 19.6 Å². The summed E-state index contributed by atoms with van der Waals surface area (Å²) in [5, 5.41) is 12.5. The lowest BCUT2D eigenvalue weighted by atomic mass is 10.1. The number of thiophene rings is 1. The van der Waals surface area contributed by atoms with Gasteiger partial charge < -0.3 is 10.4 Å². The summed E-state index contributed by atoms with van der Waals surface area (Å²) in [6, 6.07) is 4.52. The molecule has 22 heavy (non-hydrogen) atoms. The number of aliphatic hydroxyl groups excluding tert-OH is 1. The van der Waals surface area contributed by atoms with E-state index in [2.05, 4.69) is 41.1 Å². The van der Waals surface area contributed by atoms with Gasteiger partial charge in [0.2, 0.25) is 5.91 Å². The minimum absolute atomic E-state index is 0.0854. The number of aliphatic hydroxyl groups is 1. The number of nitrogens with one attached hydrogen (secondary N) is 1. The fourth-order valence-electron chi connectivity index (χ4n) is 2.85.